The molecule has 8 heteroatoms. The van der Waals surface area contributed by atoms with Crippen LogP contribution in [0.15, 0.2) is 66.7 Å². The van der Waals surface area contributed by atoms with Gasteiger partial charge in [-0.2, -0.15) is 0 Å². The Morgan fingerprint density at radius 2 is 1.47 bits per heavy atom. The Kier molecular flexibility index (Phi) is 8.57. The second-order valence-electron chi connectivity index (χ2n) is 8.83. The minimum atomic E-state index is -0.984. The van der Waals surface area contributed by atoms with Crippen molar-refractivity contribution in [2.45, 2.75) is 32.3 Å². The van der Waals surface area contributed by atoms with Crippen molar-refractivity contribution in [3.05, 3.63) is 89.0 Å². The Labute approximate surface area is 212 Å². The molecule has 0 amide bonds. The number of para-hydroxylation sites is 2. The third-order valence-corrected chi connectivity index (χ3v) is 8.44. The molecular formula is C28H31N2O5P. The Hall–Kier alpha value is -3.41. The SMILES string of the molecule is Cc1ccc(C2CCCCO2)c(P(CNc2ccccc2C(=O)O)CNc2ccccc2C(=O)O)c1. The number of ether oxygens (including phenoxy) is 1. The van der Waals surface area contributed by atoms with Crippen molar-refractivity contribution in [2.75, 3.05) is 29.8 Å². The van der Waals surface area contributed by atoms with E-state index in [1.165, 1.54) is 5.30 Å². The van der Waals surface area contributed by atoms with Gasteiger partial charge in [-0.3, -0.25) is 0 Å². The van der Waals surface area contributed by atoms with Crippen LogP contribution in [0.4, 0.5) is 11.4 Å². The summed E-state index contributed by atoms with van der Waals surface area (Å²) in [6, 6.07) is 20.2. The highest BCUT2D eigenvalue weighted by atomic mass is 31.1. The van der Waals surface area contributed by atoms with Crippen molar-refractivity contribution in [3.63, 3.8) is 0 Å². The first kappa shape index (κ1) is 25.7. The number of rotatable bonds is 10. The van der Waals surface area contributed by atoms with Gasteiger partial charge in [-0.15, -0.1) is 0 Å². The van der Waals surface area contributed by atoms with Crippen LogP contribution in [0.5, 0.6) is 0 Å². The van der Waals surface area contributed by atoms with E-state index in [1.54, 1.807) is 36.4 Å². The molecule has 3 aromatic rings. The molecule has 3 aromatic carbocycles. The predicted octanol–water partition coefficient (Wildman–Crippen LogP) is 5.88. The Morgan fingerprint density at radius 3 is 2.00 bits per heavy atom. The van der Waals surface area contributed by atoms with Gasteiger partial charge in [0.1, 0.15) is 0 Å². The lowest BCUT2D eigenvalue weighted by molar-refractivity contribution is 0.0156. The normalized spacial score (nSPS) is 15.4. The number of anilines is 2. The summed E-state index contributed by atoms with van der Waals surface area (Å²) in [5.74, 6) is -1.97. The molecule has 0 aliphatic carbocycles. The molecule has 0 spiro atoms. The van der Waals surface area contributed by atoms with E-state index in [1.807, 2.05) is 12.1 Å². The molecule has 4 N–H and O–H groups in total. The average molecular weight is 507 g/mol. The third kappa shape index (κ3) is 6.23. The zero-order chi connectivity index (χ0) is 25.5. The molecule has 0 radical (unpaired) electrons. The first-order valence-corrected chi connectivity index (χ1v) is 13.7. The zero-order valence-corrected chi connectivity index (χ0v) is 21.1. The summed E-state index contributed by atoms with van der Waals surface area (Å²) in [7, 11) is -0.916. The maximum Gasteiger partial charge on any atom is 0.337 e. The van der Waals surface area contributed by atoms with Crippen molar-refractivity contribution in [2.24, 2.45) is 0 Å². The maximum absolute atomic E-state index is 11.7. The van der Waals surface area contributed by atoms with Crippen molar-refractivity contribution in [1.29, 1.82) is 0 Å². The Morgan fingerprint density at radius 1 is 0.889 bits per heavy atom. The fourth-order valence-electron chi connectivity index (χ4n) is 4.42. The summed E-state index contributed by atoms with van der Waals surface area (Å²) in [6.45, 7) is 2.80. The second-order valence-corrected chi connectivity index (χ2v) is 11.0. The number of hydrogen-bond donors (Lipinski definition) is 4. The minimum Gasteiger partial charge on any atom is -0.478 e. The van der Waals surface area contributed by atoms with Crippen LogP contribution in [0.1, 0.15) is 57.2 Å². The molecule has 1 aliphatic rings. The van der Waals surface area contributed by atoms with E-state index < -0.39 is 19.9 Å². The van der Waals surface area contributed by atoms with Gasteiger partial charge >= 0.3 is 11.9 Å². The number of benzene rings is 3. The Balaban J connectivity index is 1.66. The van der Waals surface area contributed by atoms with Gasteiger partial charge < -0.3 is 25.6 Å². The topological polar surface area (TPSA) is 108 Å². The summed E-state index contributed by atoms with van der Waals surface area (Å²) in [6.07, 6.45) is 4.20. The lowest BCUT2D eigenvalue weighted by Gasteiger charge is -2.29. The number of nitrogens with one attached hydrogen (secondary N) is 2. The molecule has 1 atom stereocenters. The second kappa shape index (κ2) is 12.0. The molecule has 1 saturated heterocycles. The van der Waals surface area contributed by atoms with Gasteiger partial charge in [-0.05, 0) is 69.2 Å². The molecule has 0 aromatic heterocycles. The lowest BCUT2D eigenvalue weighted by Crippen LogP contribution is -2.24. The maximum atomic E-state index is 11.7. The van der Waals surface area contributed by atoms with Gasteiger partial charge in [-0.1, -0.05) is 48.0 Å². The average Bonchev–Trinajstić information content (AvgIpc) is 2.89. The fraction of sp³-hybridized carbons (Fsp3) is 0.286. The summed E-state index contributed by atoms with van der Waals surface area (Å²) >= 11 is 0. The Bertz CT molecular complexity index is 1160. The smallest absolute Gasteiger partial charge is 0.337 e. The molecule has 1 heterocycles. The highest BCUT2D eigenvalue weighted by molar-refractivity contribution is 7.65. The van der Waals surface area contributed by atoms with Crippen LogP contribution in [-0.4, -0.2) is 41.3 Å². The number of aryl methyl sites for hydroxylation is 1. The van der Waals surface area contributed by atoms with E-state index >= 15 is 0 Å². The van der Waals surface area contributed by atoms with Gasteiger partial charge in [0.2, 0.25) is 0 Å². The molecule has 36 heavy (non-hydrogen) atoms. The molecule has 1 fully saturated rings. The van der Waals surface area contributed by atoms with Crippen molar-refractivity contribution >= 4 is 36.5 Å². The van der Waals surface area contributed by atoms with Crippen molar-refractivity contribution < 1.29 is 24.5 Å². The van der Waals surface area contributed by atoms with Gasteiger partial charge in [0.25, 0.3) is 0 Å². The molecule has 4 rings (SSSR count). The van der Waals surface area contributed by atoms with Gasteiger partial charge in [-0.25, -0.2) is 9.59 Å². The van der Waals surface area contributed by atoms with E-state index in [-0.39, 0.29) is 17.2 Å². The summed E-state index contributed by atoms with van der Waals surface area (Å²) < 4.78 is 6.14. The molecule has 0 saturated carbocycles. The molecule has 1 unspecified atom stereocenters. The highest BCUT2D eigenvalue weighted by Gasteiger charge is 2.24. The van der Waals surface area contributed by atoms with E-state index in [2.05, 4.69) is 35.8 Å². The fourth-order valence-corrected chi connectivity index (χ4v) is 6.57. The van der Waals surface area contributed by atoms with Crippen LogP contribution < -0.4 is 15.9 Å². The van der Waals surface area contributed by atoms with Gasteiger partial charge in [0.05, 0.1) is 17.2 Å². The van der Waals surface area contributed by atoms with Crippen molar-refractivity contribution in [3.8, 4) is 0 Å². The van der Waals surface area contributed by atoms with Crippen LogP contribution >= 0.6 is 7.92 Å². The highest BCUT2D eigenvalue weighted by Crippen LogP contribution is 2.40. The summed E-state index contributed by atoms with van der Waals surface area (Å²) in [5.41, 5.74) is 3.86. The number of carboxylic acid groups (broad SMARTS) is 2. The number of carboxylic acids is 2. The van der Waals surface area contributed by atoms with Gasteiger partial charge in [0.15, 0.2) is 0 Å². The molecular weight excluding hydrogens is 475 g/mol. The number of aromatic carboxylic acids is 2. The van der Waals surface area contributed by atoms with E-state index in [0.717, 1.165) is 37.0 Å². The predicted molar refractivity (Wildman–Crippen MR) is 144 cm³/mol. The largest absolute Gasteiger partial charge is 0.478 e. The first-order valence-electron chi connectivity index (χ1n) is 12.0. The van der Waals surface area contributed by atoms with Crippen LogP contribution in [0.3, 0.4) is 0 Å². The standard InChI is InChI=1S/C28H31N2O5P/c1-19-13-14-22(25-12-6-7-15-35-25)26(16-19)36(17-29-23-10-4-2-8-20(23)27(31)32)18-30-24-11-5-3-9-21(24)28(33)34/h2-5,8-11,13-14,16,25,29-30H,6-7,12,15,17-18H2,1H3,(H,31,32)(H,33,34). The van der Waals surface area contributed by atoms with E-state index in [9.17, 15) is 19.8 Å². The van der Waals surface area contributed by atoms with E-state index in [4.69, 9.17) is 4.74 Å². The lowest BCUT2D eigenvalue weighted by atomic mass is 10.0. The monoisotopic (exact) mass is 506 g/mol. The first-order chi connectivity index (χ1) is 17.4. The number of hydrogen-bond acceptors (Lipinski definition) is 5. The number of carbonyl (C=O) groups is 2. The molecule has 188 valence electrons. The third-order valence-electron chi connectivity index (χ3n) is 6.29. The van der Waals surface area contributed by atoms with Crippen LogP contribution in [0, 0.1) is 6.92 Å². The minimum absolute atomic E-state index is 0.0250. The quantitative estimate of drug-likeness (QED) is 0.254. The molecule has 1 aliphatic heterocycles. The van der Waals surface area contributed by atoms with E-state index in [0.29, 0.717) is 23.9 Å². The summed E-state index contributed by atoms with van der Waals surface area (Å²) in [5, 5.41) is 27.1. The van der Waals surface area contributed by atoms with Crippen LogP contribution in [-0.2, 0) is 4.74 Å². The van der Waals surface area contributed by atoms with Crippen LogP contribution in [0.2, 0.25) is 0 Å². The van der Waals surface area contributed by atoms with Crippen LogP contribution in [0.25, 0.3) is 0 Å². The zero-order valence-electron chi connectivity index (χ0n) is 20.2. The van der Waals surface area contributed by atoms with Crippen molar-refractivity contribution in [1.82, 2.24) is 0 Å². The van der Waals surface area contributed by atoms with Gasteiger partial charge in [0, 0.05) is 30.6 Å². The summed E-state index contributed by atoms with van der Waals surface area (Å²) in [4.78, 5) is 23.5. The molecule has 0 bridgehead atoms. The molecule has 7 nitrogen and oxygen atoms in total.